The number of hydrogen-bond acceptors (Lipinski definition) is 4. The van der Waals surface area contributed by atoms with Gasteiger partial charge in [-0.3, -0.25) is 14.4 Å². The molecule has 1 aliphatic carbocycles. The molecule has 5 heteroatoms. The van der Waals surface area contributed by atoms with Crippen molar-refractivity contribution in [2.24, 2.45) is 0 Å². The minimum Gasteiger partial charge on any atom is -0.512 e. The van der Waals surface area contributed by atoms with Gasteiger partial charge in [-0.1, -0.05) is 23.7 Å². The van der Waals surface area contributed by atoms with Gasteiger partial charge in [0.1, 0.15) is 11.6 Å². The van der Waals surface area contributed by atoms with Crippen molar-refractivity contribution in [1.82, 2.24) is 0 Å². The smallest absolute Gasteiger partial charge is 0.163 e. The van der Waals surface area contributed by atoms with E-state index in [0.29, 0.717) is 5.02 Å². The molecule has 4 nitrogen and oxygen atoms in total. The molecule has 22 heavy (non-hydrogen) atoms. The fourth-order valence-corrected chi connectivity index (χ4v) is 2.64. The molecule has 0 aliphatic heterocycles. The highest BCUT2D eigenvalue weighted by molar-refractivity contribution is 6.30. The molecule has 1 N–H and O–H groups in total. The maximum absolute atomic E-state index is 11.9. The highest BCUT2D eigenvalue weighted by Gasteiger charge is 2.24. The molecule has 1 aromatic rings. The number of ketones is 3. The van der Waals surface area contributed by atoms with Crippen molar-refractivity contribution in [1.29, 1.82) is 0 Å². The van der Waals surface area contributed by atoms with E-state index in [4.69, 9.17) is 11.6 Å². The van der Waals surface area contributed by atoms with Gasteiger partial charge in [0.25, 0.3) is 0 Å². The first-order chi connectivity index (χ1) is 10.5. The van der Waals surface area contributed by atoms with Gasteiger partial charge < -0.3 is 5.11 Å². The van der Waals surface area contributed by atoms with Gasteiger partial charge in [0.2, 0.25) is 0 Å². The van der Waals surface area contributed by atoms with Crippen molar-refractivity contribution in [2.45, 2.75) is 38.5 Å². The summed E-state index contributed by atoms with van der Waals surface area (Å²) in [5, 5.41) is 10.5. The molecule has 0 unspecified atom stereocenters. The molecule has 0 bridgehead atoms. The number of rotatable bonds is 5. The molecule has 0 saturated heterocycles. The third-order valence-corrected chi connectivity index (χ3v) is 3.86. The Bertz CT molecular complexity index is 646. The summed E-state index contributed by atoms with van der Waals surface area (Å²) in [7, 11) is 0. The van der Waals surface area contributed by atoms with E-state index in [9.17, 15) is 19.5 Å². The Labute approximate surface area is 133 Å². The van der Waals surface area contributed by atoms with Gasteiger partial charge in [-0.05, 0) is 17.7 Å². The first-order valence-electron chi connectivity index (χ1n) is 7.17. The fourth-order valence-electron chi connectivity index (χ4n) is 2.42. The van der Waals surface area contributed by atoms with E-state index >= 15 is 0 Å². The van der Waals surface area contributed by atoms with Crippen LogP contribution in [0.2, 0.25) is 5.02 Å². The summed E-state index contributed by atoms with van der Waals surface area (Å²) in [6, 6.07) is 7.04. The van der Waals surface area contributed by atoms with E-state index in [2.05, 4.69) is 0 Å². The second-order valence-electron chi connectivity index (χ2n) is 5.41. The third kappa shape index (κ3) is 4.53. The Morgan fingerprint density at radius 3 is 2.68 bits per heavy atom. The molecule has 1 aliphatic rings. The third-order valence-electron chi connectivity index (χ3n) is 3.62. The van der Waals surface area contributed by atoms with Gasteiger partial charge in [0, 0.05) is 49.1 Å². The lowest BCUT2D eigenvalue weighted by molar-refractivity contribution is -0.125. The SMILES string of the molecule is O=C1CCC(=O)/C(=C(/O)CCC(=O)Cc2cccc(Cl)c2)C1. The molecule has 2 rings (SSSR count). The average Bonchev–Trinajstić information content (AvgIpc) is 2.47. The van der Waals surface area contributed by atoms with Crippen LogP contribution in [0.4, 0.5) is 0 Å². The normalized spacial score (nSPS) is 17.5. The minimum absolute atomic E-state index is 0.0207. The Morgan fingerprint density at radius 1 is 1.18 bits per heavy atom. The zero-order chi connectivity index (χ0) is 16.1. The van der Waals surface area contributed by atoms with Gasteiger partial charge in [-0.15, -0.1) is 0 Å². The second kappa shape index (κ2) is 7.36. The van der Waals surface area contributed by atoms with Crippen LogP contribution in [0.3, 0.4) is 0 Å². The molecule has 1 fully saturated rings. The van der Waals surface area contributed by atoms with E-state index in [-0.39, 0.29) is 67.2 Å². The van der Waals surface area contributed by atoms with Crippen LogP contribution in [-0.2, 0) is 20.8 Å². The number of aliphatic hydroxyl groups excluding tert-OH is 1. The van der Waals surface area contributed by atoms with Crippen LogP contribution in [-0.4, -0.2) is 22.5 Å². The van der Waals surface area contributed by atoms with Gasteiger partial charge in [-0.25, -0.2) is 0 Å². The van der Waals surface area contributed by atoms with Crippen LogP contribution >= 0.6 is 11.6 Å². The van der Waals surface area contributed by atoms with Crippen LogP contribution in [0.15, 0.2) is 35.6 Å². The Balaban J connectivity index is 1.92. The van der Waals surface area contributed by atoms with Gasteiger partial charge >= 0.3 is 0 Å². The highest BCUT2D eigenvalue weighted by atomic mass is 35.5. The fraction of sp³-hybridized carbons (Fsp3) is 0.353. The van der Waals surface area contributed by atoms with Crippen molar-refractivity contribution in [3.63, 3.8) is 0 Å². The lowest BCUT2D eigenvalue weighted by Gasteiger charge is -2.14. The van der Waals surface area contributed by atoms with E-state index in [1.807, 2.05) is 6.07 Å². The number of Topliss-reactive ketones (excluding diaryl/α,β-unsaturated/α-hetero) is 3. The van der Waals surface area contributed by atoms with Gasteiger partial charge in [-0.2, -0.15) is 0 Å². The molecule has 0 amide bonds. The van der Waals surface area contributed by atoms with E-state index in [1.165, 1.54) is 0 Å². The van der Waals surface area contributed by atoms with E-state index in [0.717, 1.165) is 5.56 Å². The Morgan fingerprint density at radius 2 is 1.95 bits per heavy atom. The van der Waals surface area contributed by atoms with Gasteiger partial charge in [0.05, 0.1) is 5.76 Å². The number of aliphatic hydroxyl groups is 1. The van der Waals surface area contributed by atoms with Crippen LogP contribution in [0, 0.1) is 0 Å². The number of halogens is 1. The van der Waals surface area contributed by atoms with Crippen LogP contribution in [0.25, 0.3) is 0 Å². The van der Waals surface area contributed by atoms with E-state index < -0.39 is 0 Å². The molecule has 1 aromatic carbocycles. The topological polar surface area (TPSA) is 71.4 Å². The van der Waals surface area contributed by atoms with Crippen LogP contribution < -0.4 is 0 Å². The van der Waals surface area contributed by atoms with Crippen molar-refractivity contribution in [3.05, 3.63) is 46.2 Å². The zero-order valence-corrected chi connectivity index (χ0v) is 12.9. The van der Waals surface area contributed by atoms with Gasteiger partial charge in [0.15, 0.2) is 5.78 Å². The largest absolute Gasteiger partial charge is 0.512 e. The molecule has 0 spiro atoms. The number of hydrogen-bond donors (Lipinski definition) is 1. The molecule has 1 saturated carbocycles. The first-order valence-corrected chi connectivity index (χ1v) is 7.55. The summed E-state index contributed by atoms with van der Waals surface area (Å²) >= 11 is 5.86. The summed E-state index contributed by atoms with van der Waals surface area (Å²) in [6.45, 7) is 0. The monoisotopic (exact) mass is 320 g/mol. The van der Waals surface area contributed by atoms with Crippen LogP contribution in [0.5, 0.6) is 0 Å². The van der Waals surface area contributed by atoms with Crippen molar-refractivity contribution >= 4 is 29.0 Å². The summed E-state index contributed by atoms with van der Waals surface area (Å²) in [5.41, 5.74) is 0.986. The molecule has 0 aromatic heterocycles. The predicted octanol–water partition coefficient (Wildman–Crippen LogP) is 3.37. The second-order valence-corrected chi connectivity index (χ2v) is 5.85. The number of carbonyl (C=O) groups is 3. The lowest BCUT2D eigenvalue weighted by Crippen LogP contribution is -2.18. The molecule has 0 atom stereocenters. The van der Waals surface area contributed by atoms with Crippen LogP contribution in [0.1, 0.15) is 37.7 Å². The molecule has 0 radical (unpaired) electrons. The summed E-state index contributed by atoms with van der Waals surface area (Å²) < 4.78 is 0. The number of benzene rings is 1. The van der Waals surface area contributed by atoms with Crippen molar-refractivity contribution in [3.8, 4) is 0 Å². The number of allylic oxidation sites excluding steroid dienone is 2. The predicted molar refractivity (Wildman–Crippen MR) is 82.9 cm³/mol. The summed E-state index contributed by atoms with van der Waals surface area (Å²) in [4.78, 5) is 35.0. The maximum atomic E-state index is 11.9. The first kappa shape index (κ1) is 16.4. The average molecular weight is 321 g/mol. The van der Waals surface area contributed by atoms with Crippen molar-refractivity contribution < 1.29 is 19.5 Å². The quantitative estimate of drug-likeness (QED) is 0.667. The van der Waals surface area contributed by atoms with E-state index in [1.54, 1.807) is 18.2 Å². The number of carbonyl (C=O) groups excluding carboxylic acids is 3. The Kier molecular flexibility index (Phi) is 5.50. The molecule has 0 heterocycles. The molecular weight excluding hydrogens is 304 g/mol. The lowest BCUT2D eigenvalue weighted by atomic mass is 9.90. The standard InChI is InChI=1S/C17H17ClO4/c18-12-3-1-2-11(8-12)9-13(19)4-6-16(21)15-10-14(20)5-7-17(15)22/h1-3,8,21H,4-7,9-10H2/b16-15+. The molecule has 116 valence electrons. The maximum Gasteiger partial charge on any atom is 0.163 e. The Hall–Kier alpha value is -1.94. The molecular formula is C17H17ClO4. The van der Waals surface area contributed by atoms with Crippen molar-refractivity contribution in [2.75, 3.05) is 0 Å². The summed E-state index contributed by atoms with van der Waals surface area (Å²) in [6.07, 6.45) is 0.818. The summed E-state index contributed by atoms with van der Waals surface area (Å²) in [5.74, 6) is -0.424. The minimum atomic E-state index is -0.195. The zero-order valence-electron chi connectivity index (χ0n) is 12.1. The highest BCUT2D eigenvalue weighted by Crippen LogP contribution is 2.22.